The van der Waals surface area contributed by atoms with Crippen molar-refractivity contribution in [2.75, 3.05) is 13.2 Å². The highest BCUT2D eigenvalue weighted by Gasteiger charge is 2.50. The molecule has 3 heteroatoms. The highest BCUT2D eigenvalue weighted by atomic mass is 28.4. The van der Waals surface area contributed by atoms with Gasteiger partial charge in [-0.1, -0.05) is 32.9 Å². The summed E-state index contributed by atoms with van der Waals surface area (Å²) < 4.78 is 6.52. The van der Waals surface area contributed by atoms with Crippen LogP contribution in [0.5, 0.6) is 0 Å². The van der Waals surface area contributed by atoms with E-state index in [1.54, 1.807) is 0 Å². The molecule has 3 saturated carbocycles. The fourth-order valence-electron chi connectivity index (χ4n) is 3.63. The Morgan fingerprint density at radius 1 is 1.40 bits per heavy atom. The van der Waals surface area contributed by atoms with Gasteiger partial charge in [0.05, 0.1) is 0 Å². The van der Waals surface area contributed by atoms with Crippen LogP contribution in [0.2, 0.25) is 18.1 Å². The van der Waals surface area contributed by atoms with Crippen LogP contribution < -0.4 is 0 Å². The molecule has 0 heterocycles. The van der Waals surface area contributed by atoms with Crippen molar-refractivity contribution in [3.05, 3.63) is 12.2 Å². The van der Waals surface area contributed by atoms with Crippen molar-refractivity contribution < 1.29 is 9.53 Å². The van der Waals surface area contributed by atoms with Crippen molar-refractivity contribution >= 4 is 8.32 Å². The topological polar surface area (TPSA) is 29.5 Å². The van der Waals surface area contributed by atoms with E-state index in [1.807, 2.05) is 0 Å². The normalized spacial score (nSPS) is 34.6. The lowest BCUT2D eigenvalue weighted by Gasteiger charge is -2.54. The first-order chi connectivity index (χ1) is 9.11. The lowest BCUT2D eigenvalue weighted by atomic mass is 9.54. The van der Waals surface area contributed by atoms with Gasteiger partial charge in [0.25, 0.3) is 0 Å². The number of aliphatic hydroxyl groups is 1. The Balaban J connectivity index is 2.11. The minimum atomic E-state index is -1.71. The molecule has 0 aromatic carbocycles. The van der Waals surface area contributed by atoms with E-state index in [4.69, 9.17) is 4.43 Å². The van der Waals surface area contributed by atoms with E-state index in [1.165, 1.54) is 18.4 Å². The predicted octanol–water partition coefficient (Wildman–Crippen LogP) is 4.36. The van der Waals surface area contributed by atoms with Crippen LogP contribution >= 0.6 is 0 Å². The Labute approximate surface area is 125 Å². The van der Waals surface area contributed by atoms with Crippen LogP contribution in [0, 0.1) is 17.3 Å². The zero-order valence-electron chi connectivity index (χ0n) is 14.0. The Morgan fingerprint density at radius 2 is 2.05 bits per heavy atom. The predicted molar refractivity (Wildman–Crippen MR) is 87.3 cm³/mol. The van der Waals surface area contributed by atoms with Crippen LogP contribution in [0.4, 0.5) is 0 Å². The van der Waals surface area contributed by atoms with E-state index in [-0.39, 0.29) is 10.5 Å². The SMILES string of the molecule is C=C1C[C@]2(CO[Si](C)(C)C(C)(C)C)CC[C@H]1C[C@H]2CO. The fourth-order valence-corrected chi connectivity index (χ4v) is 4.71. The van der Waals surface area contributed by atoms with Crippen molar-refractivity contribution in [1.82, 2.24) is 0 Å². The maximum atomic E-state index is 9.78. The number of fused-ring (bicyclic) bond motifs is 3. The summed E-state index contributed by atoms with van der Waals surface area (Å²) in [5.74, 6) is 1.07. The highest BCUT2D eigenvalue weighted by molar-refractivity contribution is 6.74. The average Bonchev–Trinajstić information content (AvgIpc) is 2.35. The van der Waals surface area contributed by atoms with Crippen molar-refractivity contribution in [3.63, 3.8) is 0 Å². The minimum Gasteiger partial charge on any atom is -0.416 e. The Morgan fingerprint density at radius 3 is 2.55 bits per heavy atom. The number of aliphatic hydroxyl groups excluding tert-OH is 1. The second kappa shape index (κ2) is 5.26. The van der Waals surface area contributed by atoms with Crippen LogP contribution in [0.15, 0.2) is 12.2 Å². The van der Waals surface area contributed by atoms with Crippen LogP contribution in [-0.4, -0.2) is 26.6 Å². The van der Waals surface area contributed by atoms with Gasteiger partial charge in [-0.15, -0.1) is 0 Å². The summed E-state index contributed by atoms with van der Waals surface area (Å²) in [4.78, 5) is 0. The van der Waals surface area contributed by atoms with Gasteiger partial charge in [0.1, 0.15) is 0 Å². The first kappa shape index (κ1) is 16.3. The molecule has 2 nitrogen and oxygen atoms in total. The maximum absolute atomic E-state index is 9.78. The Hall–Kier alpha value is -0.123. The van der Waals surface area contributed by atoms with Gasteiger partial charge in [0, 0.05) is 18.6 Å². The van der Waals surface area contributed by atoms with E-state index in [9.17, 15) is 5.11 Å². The highest BCUT2D eigenvalue weighted by Crippen LogP contribution is 2.56. The molecule has 2 bridgehead atoms. The summed E-state index contributed by atoms with van der Waals surface area (Å²) >= 11 is 0. The van der Waals surface area contributed by atoms with Gasteiger partial charge in [-0.25, -0.2) is 0 Å². The summed E-state index contributed by atoms with van der Waals surface area (Å²) in [6, 6.07) is 0. The number of hydrogen-bond acceptors (Lipinski definition) is 2. The largest absolute Gasteiger partial charge is 0.416 e. The van der Waals surface area contributed by atoms with E-state index in [2.05, 4.69) is 40.4 Å². The monoisotopic (exact) mass is 296 g/mol. The summed E-state index contributed by atoms with van der Waals surface area (Å²) in [5.41, 5.74) is 1.57. The smallest absolute Gasteiger partial charge is 0.192 e. The molecule has 3 rings (SSSR count). The summed E-state index contributed by atoms with van der Waals surface area (Å²) in [6.45, 7) is 16.9. The summed E-state index contributed by atoms with van der Waals surface area (Å²) in [7, 11) is -1.71. The first-order valence-electron chi connectivity index (χ1n) is 8.04. The molecule has 0 aromatic heterocycles. The lowest BCUT2D eigenvalue weighted by Crippen LogP contribution is -2.51. The van der Waals surface area contributed by atoms with Crippen molar-refractivity contribution in [2.24, 2.45) is 17.3 Å². The molecule has 116 valence electrons. The first-order valence-corrected chi connectivity index (χ1v) is 10.9. The molecule has 0 saturated heterocycles. The van der Waals surface area contributed by atoms with E-state index in [0.29, 0.717) is 18.4 Å². The molecule has 0 aliphatic heterocycles. The van der Waals surface area contributed by atoms with Crippen LogP contribution in [0.3, 0.4) is 0 Å². The van der Waals surface area contributed by atoms with Crippen molar-refractivity contribution in [2.45, 2.75) is 64.6 Å². The molecule has 0 aromatic rings. The van der Waals surface area contributed by atoms with E-state index < -0.39 is 8.32 Å². The molecular weight excluding hydrogens is 264 g/mol. The number of rotatable bonds is 4. The molecule has 0 radical (unpaired) electrons. The third kappa shape index (κ3) is 2.77. The molecular formula is C17H32O2Si. The van der Waals surface area contributed by atoms with Gasteiger partial charge in [0.2, 0.25) is 0 Å². The van der Waals surface area contributed by atoms with Gasteiger partial charge in [-0.3, -0.25) is 0 Å². The molecule has 0 spiro atoms. The zero-order chi connectivity index (χ0) is 15.2. The molecule has 3 aliphatic carbocycles. The number of hydrogen-bond donors (Lipinski definition) is 1. The van der Waals surface area contributed by atoms with E-state index in [0.717, 1.165) is 19.4 Å². The van der Waals surface area contributed by atoms with E-state index >= 15 is 0 Å². The average molecular weight is 297 g/mol. The molecule has 0 amide bonds. The Kier molecular flexibility index (Phi) is 4.27. The molecule has 0 unspecified atom stereocenters. The Bertz CT molecular complexity index is 383. The standard InChI is InChI=1S/C17H32O2Si/c1-13-10-17(8-7-14(13)9-15(17)11-18)12-19-20(5,6)16(2,3)4/h14-15,18H,1,7-12H2,2-6H3/t14-,15-,17-/m0/s1. The van der Waals surface area contributed by atoms with Gasteiger partial charge >= 0.3 is 0 Å². The summed E-state index contributed by atoms with van der Waals surface area (Å²) in [5, 5.41) is 10.0. The molecule has 3 fully saturated rings. The van der Waals surface area contributed by atoms with Crippen molar-refractivity contribution in [3.8, 4) is 0 Å². The third-order valence-electron chi connectivity index (χ3n) is 6.33. The second-order valence-electron chi connectivity index (χ2n) is 8.60. The van der Waals surface area contributed by atoms with Gasteiger partial charge in [-0.2, -0.15) is 0 Å². The molecule has 1 N–H and O–H groups in total. The third-order valence-corrected chi connectivity index (χ3v) is 10.8. The maximum Gasteiger partial charge on any atom is 0.192 e. The lowest BCUT2D eigenvalue weighted by molar-refractivity contribution is -0.0385. The van der Waals surface area contributed by atoms with Crippen LogP contribution in [0.1, 0.15) is 46.5 Å². The zero-order valence-corrected chi connectivity index (χ0v) is 15.0. The molecule has 3 aliphatic rings. The van der Waals surface area contributed by atoms with Crippen LogP contribution in [-0.2, 0) is 4.43 Å². The summed E-state index contributed by atoms with van der Waals surface area (Å²) in [6.07, 6.45) is 4.64. The van der Waals surface area contributed by atoms with Crippen molar-refractivity contribution in [1.29, 1.82) is 0 Å². The molecule has 20 heavy (non-hydrogen) atoms. The minimum absolute atomic E-state index is 0.163. The van der Waals surface area contributed by atoms with Gasteiger partial charge in [0.15, 0.2) is 8.32 Å². The quantitative estimate of drug-likeness (QED) is 0.617. The molecule has 3 atom stereocenters. The van der Waals surface area contributed by atoms with Crippen LogP contribution in [0.25, 0.3) is 0 Å². The number of allylic oxidation sites excluding steroid dienone is 1. The van der Waals surface area contributed by atoms with Gasteiger partial charge in [-0.05, 0) is 55.7 Å². The van der Waals surface area contributed by atoms with Gasteiger partial charge < -0.3 is 9.53 Å². The second-order valence-corrected chi connectivity index (χ2v) is 13.4. The fraction of sp³-hybridized carbons (Fsp3) is 0.882.